The van der Waals surface area contributed by atoms with Crippen molar-refractivity contribution in [2.24, 2.45) is 0 Å². The molecule has 4 rings (SSSR count). The predicted octanol–water partition coefficient (Wildman–Crippen LogP) is 6.03. The monoisotopic (exact) mass is 559 g/mol. The Hall–Kier alpha value is -3.80. The standard InChI is InChI=1S/C27H31F2N5O4S/c1-15-22(17-12-18(27(5,28)29)23(30)31-14-17)34-25(32-15)39-24(33-34)16-9-10-19(20(13-16)36-6)37-11-7-8-21(35)38-26(2,3)4/h9-10,12-14H,7-8,11H2,1-6H3,(H2,30,31). The summed E-state index contributed by atoms with van der Waals surface area (Å²) in [6.07, 6.45) is 2.19. The van der Waals surface area contributed by atoms with E-state index in [0.717, 1.165) is 12.5 Å². The highest BCUT2D eigenvalue weighted by Gasteiger charge is 2.29. The molecule has 2 N–H and O–H groups in total. The molecule has 0 aliphatic rings. The number of nitrogens with zero attached hydrogens (tertiary/aromatic N) is 4. The Morgan fingerprint density at radius 2 is 1.87 bits per heavy atom. The largest absolute Gasteiger partial charge is 0.493 e. The van der Waals surface area contributed by atoms with Gasteiger partial charge in [-0.15, -0.1) is 0 Å². The minimum absolute atomic E-state index is 0.220. The number of imidazole rings is 1. The van der Waals surface area contributed by atoms with E-state index in [9.17, 15) is 13.6 Å². The van der Waals surface area contributed by atoms with Gasteiger partial charge in [0.15, 0.2) is 11.5 Å². The molecule has 3 aromatic heterocycles. The minimum atomic E-state index is -3.14. The van der Waals surface area contributed by atoms with Crippen LogP contribution in [-0.4, -0.2) is 44.9 Å². The van der Waals surface area contributed by atoms with Gasteiger partial charge in [0.2, 0.25) is 4.96 Å². The number of pyridine rings is 1. The number of methoxy groups -OCH3 is 1. The molecule has 3 heterocycles. The van der Waals surface area contributed by atoms with Crippen LogP contribution in [0.2, 0.25) is 0 Å². The number of nitrogens with two attached hydrogens (primary N) is 1. The van der Waals surface area contributed by atoms with Crippen LogP contribution < -0.4 is 15.2 Å². The number of rotatable bonds is 9. The number of benzene rings is 1. The van der Waals surface area contributed by atoms with Crippen molar-refractivity contribution in [3.05, 3.63) is 41.7 Å². The maximum absolute atomic E-state index is 14.1. The van der Waals surface area contributed by atoms with Crippen molar-refractivity contribution in [3.63, 3.8) is 0 Å². The molecule has 9 nitrogen and oxygen atoms in total. The van der Waals surface area contributed by atoms with E-state index in [2.05, 4.69) is 9.97 Å². The molecule has 208 valence electrons. The number of carbonyl (C=O) groups excluding carboxylic acids is 1. The van der Waals surface area contributed by atoms with Gasteiger partial charge in [-0.3, -0.25) is 4.79 Å². The molecule has 0 bridgehead atoms. The van der Waals surface area contributed by atoms with Gasteiger partial charge in [0.05, 0.1) is 30.7 Å². The van der Waals surface area contributed by atoms with Gasteiger partial charge in [0.25, 0.3) is 5.92 Å². The molecule has 0 amide bonds. The first-order valence-corrected chi connectivity index (χ1v) is 13.1. The summed E-state index contributed by atoms with van der Waals surface area (Å²) < 4.78 is 46.4. The number of carbonyl (C=O) groups is 1. The summed E-state index contributed by atoms with van der Waals surface area (Å²) >= 11 is 1.35. The van der Waals surface area contributed by atoms with Crippen molar-refractivity contribution < 1.29 is 27.8 Å². The Bertz CT molecular complexity index is 1500. The number of hydrogen-bond donors (Lipinski definition) is 1. The zero-order valence-corrected chi connectivity index (χ0v) is 23.5. The number of halogens is 2. The van der Waals surface area contributed by atoms with Crippen molar-refractivity contribution >= 4 is 28.1 Å². The van der Waals surface area contributed by atoms with Gasteiger partial charge in [0.1, 0.15) is 16.4 Å². The number of esters is 1. The van der Waals surface area contributed by atoms with E-state index in [1.165, 1.54) is 30.7 Å². The number of nitrogen functional groups attached to an aromatic ring is 1. The Balaban J connectivity index is 1.55. The number of ether oxygens (including phenoxy) is 3. The highest BCUT2D eigenvalue weighted by Crippen LogP contribution is 2.38. The van der Waals surface area contributed by atoms with E-state index < -0.39 is 11.5 Å². The zero-order chi connectivity index (χ0) is 28.5. The van der Waals surface area contributed by atoms with Crippen molar-refractivity contribution in [2.45, 2.75) is 59.0 Å². The van der Waals surface area contributed by atoms with Crippen LogP contribution in [0.1, 0.15) is 51.8 Å². The molecular formula is C27H31F2N5O4S. The average Bonchev–Trinajstić information content (AvgIpc) is 3.37. The Morgan fingerprint density at radius 3 is 2.54 bits per heavy atom. The van der Waals surface area contributed by atoms with Gasteiger partial charge in [0, 0.05) is 30.7 Å². The lowest BCUT2D eigenvalue weighted by Gasteiger charge is -2.19. The highest BCUT2D eigenvalue weighted by molar-refractivity contribution is 7.19. The normalized spacial score (nSPS) is 12.1. The van der Waals surface area contributed by atoms with E-state index in [-0.39, 0.29) is 23.8 Å². The average molecular weight is 560 g/mol. The van der Waals surface area contributed by atoms with E-state index >= 15 is 0 Å². The highest BCUT2D eigenvalue weighted by atomic mass is 32.1. The molecule has 0 radical (unpaired) electrons. The molecule has 0 unspecified atom stereocenters. The molecule has 0 aliphatic carbocycles. The third-order valence-electron chi connectivity index (χ3n) is 5.66. The topological polar surface area (TPSA) is 114 Å². The summed E-state index contributed by atoms with van der Waals surface area (Å²) in [6, 6.07) is 6.75. The molecule has 4 aromatic rings. The maximum Gasteiger partial charge on any atom is 0.306 e. The van der Waals surface area contributed by atoms with Gasteiger partial charge >= 0.3 is 5.97 Å². The second kappa shape index (κ2) is 10.8. The number of fused-ring (bicyclic) bond motifs is 1. The van der Waals surface area contributed by atoms with E-state index in [0.29, 0.717) is 51.4 Å². The summed E-state index contributed by atoms with van der Waals surface area (Å²) in [5, 5.41) is 5.35. The quantitative estimate of drug-likeness (QED) is 0.195. The fraction of sp³-hybridized carbons (Fsp3) is 0.407. The van der Waals surface area contributed by atoms with Crippen molar-refractivity contribution in [3.8, 4) is 33.3 Å². The molecular weight excluding hydrogens is 528 g/mol. The first-order chi connectivity index (χ1) is 18.3. The second-order valence-electron chi connectivity index (χ2n) is 10.1. The van der Waals surface area contributed by atoms with E-state index in [1.54, 1.807) is 23.6 Å². The van der Waals surface area contributed by atoms with Gasteiger partial charge in [-0.25, -0.2) is 23.3 Å². The fourth-order valence-corrected chi connectivity index (χ4v) is 4.91. The van der Waals surface area contributed by atoms with Gasteiger partial charge in [-0.05, 0) is 58.4 Å². The summed E-state index contributed by atoms with van der Waals surface area (Å²) in [6.45, 7) is 8.37. The van der Waals surface area contributed by atoms with Gasteiger partial charge < -0.3 is 19.9 Å². The van der Waals surface area contributed by atoms with E-state index in [1.807, 2.05) is 26.8 Å². The molecule has 0 aliphatic heterocycles. The zero-order valence-electron chi connectivity index (χ0n) is 22.7. The Kier molecular flexibility index (Phi) is 7.78. The van der Waals surface area contributed by atoms with Crippen LogP contribution >= 0.6 is 11.3 Å². The number of anilines is 1. The van der Waals surface area contributed by atoms with Crippen LogP contribution in [0, 0.1) is 6.92 Å². The number of aromatic nitrogens is 4. The molecule has 0 atom stereocenters. The van der Waals surface area contributed by atoms with Crippen LogP contribution in [0.3, 0.4) is 0 Å². The van der Waals surface area contributed by atoms with Crippen molar-refractivity contribution in [1.82, 2.24) is 19.6 Å². The van der Waals surface area contributed by atoms with Gasteiger partial charge in [-0.1, -0.05) is 11.3 Å². The van der Waals surface area contributed by atoms with Crippen LogP contribution in [0.5, 0.6) is 11.5 Å². The fourth-order valence-electron chi connectivity index (χ4n) is 3.96. The Labute approximate surface area is 228 Å². The summed E-state index contributed by atoms with van der Waals surface area (Å²) in [4.78, 5) is 21.1. The lowest BCUT2D eigenvalue weighted by atomic mass is 10.1. The molecule has 0 spiro atoms. The van der Waals surface area contributed by atoms with Crippen LogP contribution in [0.15, 0.2) is 30.5 Å². The molecule has 0 saturated heterocycles. The number of hydrogen-bond acceptors (Lipinski definition) is 9. The SMILES string of the molecule is COc1cc(-c2nn3c(-c4cnc(N)c(C(C)(F)F)c4)c(C)nc3s2)ccc1OCCCC(=O)OC(C)(C)C. The van der Waals surface area contributed by atoms with Crippen LogP contribution in [-0.2, 0) is 15.5 Å². The summed E-state index contributed by atoms with van der Waals surface area (Å²) in [5.41, 5.74) is 7.23. The first kappa shape index (κ1) is 28.2. The molecule has 12 heteroatoms. The van der Waals surface area contributed by atoms with Crippen LogP contribution in [0.4, 0.5) is 14.6 Å². The second-order valence-corrected chi connectivity index (χ2v) is 11.1. The van der Waals surface area contributed by atoms with E-state index in [4.69, 9.17) is 25.0 Å². The Morgan fingerprint density at radius 1 is 1.13 bits per heavy atom. The van der Waals surface area contributed by atoms with Gasteiger partial charge in [-0.2, -0.15) is 5.10 Å². The minimum Gasteiger partial charge on any atom is -0.493 e. The lowest BCUT2D eigenvalue weighted by molar-refractivity contribution is -0.155. The predicted molar refractivity (Wildman–Crippen MR) is 145 cm³/mol. The molecule has 1 aromatic carbocycles. The summed E-state index contributed by atoms with van der Waals surface area (Å²) in [7, 11) is 1.54. The molecule has 0 saturated carbocycles. The van der Waals surface area contributed by atoms with Crippen LogP contribution in [0.25, 0.3) is 26.8 Å². The lowest BCUT2D eigenvalue weighted by Crippen LogP contribution is -2.23. The number of aryl methyl sites for hydroxylation is 1. The third-order valence-corrected chi connectivity index (χ3v) is 6.61. The van der Waals surface area contributed by atoms with Crippen molar-refractivity contribution in [1.29, 1.82) is 0 Å². The first-order valence-electron chi connectivity index (χ1n) is 12.3. The number of alkyl halides is 2. The third kappa shape index (κ3) is 6.44. The molecule has 39 heavy (non-hydrogen) atoms. The maximum atomic E-state index is 14.1. The van der Waals surface area contributed by atoms with Crippen molar-refractivity contribution in [2.75, 3.05) is 19.5 Å². The smallest absolute Gasteiger partial charge is 0.306 e. The summed E-state index contributed by atoms with van der Waals surface area (Å²) in [5.74, 6) is -2.60. The molecule has 0 fully saturated rings.